The zero-order chi connectivity index (χ0) is 72.2. The first-order valence-corrected chi connectivity index (χ1v) is 37.3. The first kappa shape index (κ1) is 78.2. The molecule has 2 aromatic rings. The Morgan fingerprint density at radius 2 is 0.438 bits per heavy atom. The second kappa shape index (κ2) is 27.0. The molecule has 0 aromatic carbocycles. The molecule has 0 aliphatic carbocycles. The van der Waals surface area contributed by atoms with Crippen LogP contribution >= 0.6 is 0 Å². The van der Waals surface area contributed by atoms with Gasteiger partial charge in [-0.2, -0.15) is 40.0 Å². The fourth-order valence-corrected chi connectivity index (χ4v) is 20.3. The lowest BCUT2D eigenvalue weighted by Gasteiger charge is -2.56. The van der Waals surface area contributed by atoms with Gasteiger partial charge in [0.15, 0.2) is 0 Å². The zero-order valence-corrected chi connectivity index (χ0v) is 68.1. The van der Waals surface area contributed by atoms with Crippen molar-refractivity contribution in [3.05, 3.63) is 0 Å². The van der Waals surface area contributed by atoms with Crippen LogP contribution in [0, 0.1) is 0 Å². The highest BCUT2D eigenvalue weighted by Gasteiger charge is 2.53. The maximum absolute atomic E-state index is 6.28. The summed E-state index contributed by atoms with van der Waals surface area (Å²) < 4.78 is 0. The molecule has 2 aromatic heterocycles. The molecule has 6 fully saturated rings. The molecule has 6 saturated heterocycles. The van der Waals surface area contributed by atoms with Crippen molar-refractivity contribution in [3.8, 4) is 0 Å². The highest BCUT2D eigenvalue weighted by Crippen LogP contribution is 2.48. The summed E-state index contributed by atoms with van der Waals surface area (Å²) >= 11 is 0. The van der Waals surface area contributed by atoms with E-state index in [9.17, 15) is 0 Å². The van der Waals surface area contributed by atoms with Gasteiger partial charge in [0.05, 0.1) is 14.2 Å². The molecule has 96 heavy (non-hydrogen) atoms. The van der Waals surface area contributed by atoms with Gasteiger partial charge >= 0.3 is 0 Å². The number of anilines is 6. The van der Waals surface area contributed by atoms with Crippen molar-refractivity contribution < 1.29 is 9.68 Å². The molecule has 0 spiro atoms. The number of piperidine rings is 6. The summed E-state index contributed by atoms with van der Waals surface area (Å²) in [5.41, 5.74) is -1.14. The third kappa shape index (κ3) is 15.9. The molecule has 6 aliphatic rings. The van der Waals surface area contributed by atoms with Gasteiger partial charge < -0.3 is 39.1 Å². The largest absolute Gasteiger partial charge is 0.341 e. The van der Waals surface area contributed by atoms with Crippen LogP contribution in [0.3, 0.4) is 0 Å². The molecule has 8 heterocycles. The van der Waals surface area contributed by atoms with Gasteiger partial charge in [-0.25, -0.2) is 0 Å². The summed E-state index contributed by atoms with van der Waals surface area (Å²) in [6.07, 6.45) is 15.6. The van der Waals surface area contributed by atoms with E-state index in [0.29, 0.717) is 0 Å². The smallest absolute Gasteiger partial charge is 0.232 e. The van der Waals surface area contributed by atoms with E-state index in [0.717, 1.165) is 152 Å². The number of nitrogens with zero attached hydrogens (tertiary/aromatic N) is 18. The van der Waals surface area contributed by atoms with E-state index in [1.165, 1.54) is 0 Å². The van der Waals surface area contributed by atoms with Gasteiger partial charge in [-0.05, 0) is 284 Å². The van der Waals surface area contributed by atoms with Crippen LogP contribution < -0.4 is 29.4 Å². The van der Waals surface area contributed by atoms with Crippen LogP contribution in [0.4, 0.5) is 35.7 Å². The molecule has 550 valence electrons. The number of hydrogen-bond acceptors (Lipinski definition) is 20. The standard InChI is InChI=1S/C76H144N18O2/c1-65(2)41-53(42-66(3,4)87(65)29)83(25)59-77-60(84(26)54-43-67(5,6)88(30)68(7,8)44-54)80-63(79-59)91(57-49-73(17,18)93(95-33)74(19,20)50-57)39-37-35-36-38-40-92(58-51-75(21,22)94(96-34)76(23,24)52-58)64-81-61(85(27)55-45-69(9,10)89(31)70(11,12)46-55)78-62(82-64)86(28)56-47-71(13,14)90(32)72(15,16)48-56/h53-58H,35-52H2,1-34H3. The normalized spacial score (nSPS) is 26.6. The minimum atomic E-state index is -0.257. The Morgan fingerprint density at radius 1 is 0.271 bits per heavy atom. The van der Waals surface area contributed by atoms with Gasteiger partial charge in [-0.3, -0.25) is 19.6 Å². The predicted octanol–water partition coefficient (Wildman–Crippen LogP) is 13.4. The molecule has 0 amide bonds. The van der Waals surface area contributed by atoms with Gasteiger partial charge in [-0.15, -0.1) is 0 Å². The molecular weight excluding hydrogens is 1200 g/mol. The van der Waals surface area contributed by atoms with Crippen LogP contribution in [0.5, 0.6) is 0 Å². The lowest BCUT2D eigenvalue weighted by molar-refractivity contribution is -0.266. The molecule has 20 nitrogen and oxygen atoms in total. The fourth-order valence-electron chi connectivity index (χ4n) is 20.3. The number of hydroxylamine groups is 4. The molecule has 0 radical (unpaired) electrons. The average molecular weight is 1340 g/mol. The molecule has 0 atom stereocenters. The molecule has 0 unspecified atom stereocenters. The molecule has 8 rings (SSSR count). The molecule has 0 bridgehead atoms. The van der Waals surface area contributed by atoms with Gasteiger partial charge in [0.2, 0.25) is 35.7 Å². The minimum Gasteiger partial charge on any atom is -0.341 e. The van der Waals surface area contributed by atoms with Crippen molar-refractivity contribution in [1.82, 2.24) is 59.6 Å². The van der Waals surface area contributed by atoms with Gasteiger partial charge in [0, 0.05) is 144 Å². The molecule has 6 aliphatic heterocycles. The number of hydrogen-bond donors (Lipinski definition) is 0. The van der Waals surface area contributed by atoms with E-state index in [1.807, 2.05) is 14.2 Å². The highest BCUT2D eigenvalue weighted by molar-refractivity contribution is 5.50. The third-order valence-corrected chi connectivity index (χ3v) is 26.2. The average Bonchev–Trinajstić information content (AvgIpc) is 0.777. The molecule has 0 N–H and O–H groups in total. The summed E-state index contributed by atoms with van der Waals surface area (Å²) in [5, 5.41) is 4.48. The number of unbranched alkanes of at least 4 members (excludes halogenated alkanes) is 3. The van der Waals surface area contributed by atoms with Crippen LogP contribution in [0.1, 0.15) is 269 Å². The van der Waals surface area contributed by atoms with Gasteiger partial charge in [0.25, 0.3) is 0 Å². The Morgan fingerprint density at radius 3 is 0.615 bits per heavy atom. The topological polar surface area (TPSA) is 135 Å². The Balaban J connectivity index is 1.17. The quantitative estimate of drug-likeness (QED) is 0.110. The Bertz CT molecular complexity index is 2540. The highest BCUT2D eigenvalue weighted by atomic mass is 16.7. The van der Waals surface area contributed by atoms with Crippen molar-refractivity contribution in [2.75, 3.05) is 113 Å². The van der Waals surface area contributed by atoms with E-state index < -0.39 is 0 Å². The van der Waals surface area contributed by atoms with E-state index in [2.05, 4.69) is 282 Å². The van der Waals surface area contributed by atoms with E-state index in [4.69, 9.17) is 39.6 Å². The van der Waals surface area contributed by atoms with Crippen LogP contribution in [0.25, 0.3) is 0 Å². The summed E-state index contributed by atoms with van der Waals surface area (Å²) in [4.78, 5) is 71.7. The lowest BCUT2D eigenvalue weighted by atomic mass is 9.77. The first-order valence-electron chi connectivity index (χ1n) is 37.3. The maximum Gasteiger partial charge on any atom is 0.232 e. The second-order valence-corrected chi connectivity index (χ2v) is 39.0. The number of rotatable bonds is 21. The summed E-state index contributed by atoms with van der Waals surface area (Å²) in [7, 11) is 21.8. The molecule has 0 saturated carbocycles. The molecule has 20 heteroatoms. The predicted molar refractivity (Wildman–Crippen MR) is 402 cm³/mol. The van der Waals surface area contributed by atoms with Crippen molar-refractivity contribution in [3.63, 3.8) is 0 Å². The van der Waals surface area contributed by atoms with E-state index in [1.54, 1.807) is 0 Å². The third-order valence-electron chi connectivity index (χ3n) is 26.2. The Kier molecular flexibility index (Phi) is 22.0. The monoisotopic (exact) mass is 1340 g/mol. The number of aromatic nitrogens is 6. The minimum absolute atomic E-state index is 0.0143. The van der Waals surface area contributed by atoms with E-state index >= 15 is 0 Å². The van der Waals surface area contributed by atoms with Crippen LogP contribution in [0.15, 0.2) is 0 Å². The van der Waals surface area contributed by atoms with Crippen molar-refractivity contribution >= 4 is 35.7 Å². The summed E-state index contributed by atoms with van der Waals surface area (Å²) in [6.45, 7) is 58.7. The van der Waals surface area contributed by atoms with Crippen molar-refractivity contribution in [1.29, 1.82) is 0 Å². The molecular formula is C76H144N18O2. The van der Waals surface area contributed by atoms with Crippen molar-refractivity contribution in [2.45, 2.75) is 372 Å². The number of likely N-dealkylation sites (tertiary alicyclic amines) is 4. The summed E-state index contributed by atoms with van der Waals surface area (Å²) in [5.74, 6) is 4.60. The van der Waals surface area contributed by atoms with Crippen LogP contribution in [-0.2, 0) is 9.68 Å². The second-order valence-electron chi connectivity index (χ2n) is 39.0. The Labute approximate surface area is 587 Å². The summed E-state index contributed by atoms with van der Waals surface area (Å²) in [6, 6.07) is 1.22. The fraction of sp³-hybridized carbons (Fsp3) is 0.921. The SMILES string of the molecule is CON1C(C)(C)CC(N(CCCCCCN(c2nc(N(C)C3CC(C)(C)N(C)C(C)(C)C3)nc(N(C)C3CC(C)(C)N(C)C(C)(C)C3)n2)C2CC(C)(C)N(OC)C(C)(C)C2)c2nc(N(C)C3CC(C)(C)N(C)C(C)(C)C3)nc(N(C)C3CC(C)(C)N(C)C(C)(C)C3)n2)CC1(C)C. The lowest BCUT2D eigenvalue weighted by Crippen LogP contribution is -2.64. The van der Waals surface area contributed by atoms with Gasteiger partial charge in [0.1, 0.15) is 0 Å². The first-order chi connectivity index (χ1) is 43.7. The van der Waals surface area contributed by atoms with Crippen LogP contribution in [0.2, 0.25) is 0 Å². The van der Waals surface area contributed by atoms with Crippen LogP contribution in [-0.4, -0.2) is 246 Å². The van der Waals surface area contributed by atoms with Crippen molar-refractivity contribution in [2.24, 2.45) is 0 Å². The van der Waals surface area contributed by atoms with E-state index in [-0.39, 0.29) is 103 Å². The maximum atomic E-state index is 6.28. The Hall–Kier alpha value is -3.50. The zero-order valence-electron chi connectivity index (χ0n) is 68.1. The van der Waals surface area contributed by atoms with Gasteiger partial charge in [-0.1, -0.05) is 12.8 Å².